The Labute approximate surface area is 206 Å². The van der Waals surface area contributed by atoms with Gasteiger partial charge in [-0.25, -0.2) is 14.4 Å². The van der Waals surface area contributed by atoms with Crippen molar-refractivity contribution < 1.29 is 4.39 Å². The number of thiazole rings is 1. The highest BCUT2D eigenvalue weighted by atomic mass is 32.1. The molecule has 2 aliphatic heterocycles. The molecule has 1 atom stereocenters. The highest BCUT2D eigenvalue weighted by Gasteiger charge is 2.32. The molecule has 2 aliphatic rings. The number of piperazine rings is 1. The highest BCUT2D eigenvalue weighted by Crippen LogP contribution is 2.36. The lowest BCUT2D eigenvalue weighted by molar-refractivity contribution is 0.134. The Morgan fingerprint density at radius 3 is 2.59 bits per heavy atom. The smallest absolute Gasteiger partial charge is 0.156 e. The number of likely N-dealkylation sites (N-methyl/N-ethyl adjacent to an activating group) is 1. The van der Waals surface area contributed by atoms with E-state index in [2.05, 4.69) is 61.9 Å². The molecule has 1 fully saturated rings. The van der Waals surface area contributed by atoms with E-state index >= 15 is 0 Å². The second kappa shape index (κ2) is 9.23. The van der Waals surface area contributed by atoms with Gasteiger partial charge in [0.25, 0.3) is 0 Å². The molecular weight excluding hydrogens is 443 g/mol. The molecule has 0 unspecified atom stereocenters. The summed E-state index contributed by atoms with van der Waals surface area (Å²) in [5.74, 6) is 0.844. The normalized spacial score (nSPS) is 18.8. The molecule has 0 saturated carbocycles. The number of fused-ring (bicyclic) bond motifs is 2. The molecule has 5 rings (SSSR count). The molecule has 0 aliphatic carbocycles. The quantitative estimate of drug-likeness (QED) is 0.478. The van der Waals surface area contributed by atoms with Crippen LogP contribution >= 0.6 is 11.3 Å². The summed E-state index contributed by atoms with van der Waals surface area (Å²) in [5.41, 5.74) is 4.59. The number of amidine groups is 1. The summed E-state index contributed by atoms with van der Waals surface area (Å²) < 4.78 is 13.3. The van der Waals surface area contributed by atoms with E-state index in [9.17, 15) is 4.39 Å². The van der Waals surface area contributed by atoms with Crippen molar-refractivity contribution in [3.05, 3.63) is 81.1 Å². The number of aliphatic imine (C=N–C) groups is 1. The molecule has 4 nitrogen and oxygen atoms in total. The molecule has 6 heteroatoms. The number of aryl methyl sites for hydroxylation is 1. The minimum absolute atomic E-state index is 0.0152. The zero-order valence-electron chi connectivity index (χ0n) is 20.5. The van der Waals surface area contributed by atoms with Gasteiger partial charge in [0.1, 0.15) is 11.5 Å². The van der Waals surface area contributed by atoms with E-state index < -0.39 is 0 Å². The third-order valence-electron chi connectivity index (χ3n) is 6.88. The van der Waals surface area contributed by atoms with Gasteiger partial charge >= 0.3 is 0 Å². The first-order chi connectivity index (χ1) is 16.3. The summed E-state index contributed by atoms with van der Waals surface area (Å²) in [6.07, 6.45) is 2.85. The van der Waals surface area contributed by atoms with Gasteiger partial charge in [-0.05, 0) is 49.2 Å². The van der Waals surface area contributed by atoms with Crippen LogP contribution in [0, 0.1) is 5.82 Å². The molecule has 0 amide bonds. The monoisotopic (exact) mass is 476 g/mol. The number of para-hydroxylation sites is 1. The molecule has 0 bridgehead atoms. The van der Waals surface area contributed by atoms with Crippen LogP contribution in [0.5, 0.6) is 0 Å². The predicted molar refractivity (Wildman–Crippen MR) is 139 cm³/mol. The van der Waals surface area contributed by atoms with E-state index in [4.69, 9.17) is 9.98 Å². The van der Waals surface area contributed by atoms with Crippen molar-refractivity contribution in [3.8, 4) is 0 Å². The highest BCUT2D eigenvalue weighted by molar-refractivity contribution is 7.12. The Kier molecular flexibility index (Phi) is 6.30. The van der Waals surface area contributed by atoms with Gasteiger partial charge in [0.05, 0.1) is 10.7 Å². The minimum Gasteiger partial charge on any atom is -0.352 e. The average Bonchev–Trinajstić information content (AvgIpc) is 3.17. The first-order valence-corrected chi connectivity index (χ1v) is 13.0. The molecule has 0 radical (unpaired) electrons. The molecule has 0 N–H and O–H groups in total. The van der Waals surface area contributed by atoms with Crippen LogP contribution in [0.25, 0.3) is 0 Å². The number of rotatable bonds is 3. The van der Waals surface area contributed by atoms with Crippen molar-refractivity contribution in [2.24, 2.45) is 4.99 Å². The lowest BCUT2D eigenvalue weighted by Crippen LogP contribution is -2.53. The van der Waals surface area contributed by atoms with Crippen LogP contribution in [0.4, 0.5) is 10.1 Å². The van der Waals surface area contributed by atoms with Crippen LogP contribution in [-0.4, -0.2) is 53.3 Å². The fraction of sp³-hybridized carbons (Fsp3) is 0.429. The van der Waals surface area contributed by atoms with E-state index in [-0.39, 0.29) is 11.2 Å². The largest absolute Gasteiger partial charge is 0.352 e. The van der Waals surface area contributed by atoms with Gasteiger partial charge in [-0.1, -0.05) is 51.1 Å². The minimum atomic E-state index is -0.176. The molecule has 178 valence electrons. The zero-order chi connectivity index (χ0) is 23.9. The second-order valence-electron chi connectivity index (χ2n) is 10.5. The van der Waals surface area contributed by atoms with E-state index in [1.165, 1.54) is 21.0 Å². The fourth-order valence-corrected chi connectivity index (χ4v) is 5.87. The molecule has 2 aromatic carbocycles. The second-order valence-corrected chi connectivity index (χ2v) is 11.6. The molecule has 0 spiro atoms. The number of hydrogen-bond acceptors (Lipinski definition) is 5. The molecule has 3 heterocycles. The van der Waals surface area contributed by atoms with Gasteiger partial charge < -0.3 is 4.90 Å². The van der Waals surface area contributed by atoms with Gasteiger partial charge in [-0.15, -0.1) is 11.3 Å². The first kappa shape index (κ1) is 23.2. The van der Waals surface area contributed by atoms with Crippen LogP contribution in [0.2, 0.25) is 0 Å². The summed E-state index contributed by atoms with van der Waals surface area (Å²) in [6.45, 7) is 9.54. The van der Waals surface area contributed by atoms with Crippen molar-refractivity contribution in [1.82, 2.24) is 14.8 Å². The summed E-state index contributed by atoms with van der Waals surface area (Å²) in [5, 5.41) is 1.17. The molecule has 3 aromatic rings. The van der Waals surface area contributed by atoms with Gasteiger partial charge in [-0.2, -0.15) is 0 Å². The third-order valence-corrected chi connectivity index (χ3v) is 8.36. The number of hydrogen-bond donors (Lipinski definition) is 0. The Bertz CT molecular complexity index is 1190. The van der Waals surface area contributed by atoms with Crippen LogP contribution < -0.4 is 0 Å². The summed E-state index contributed by atoms with van der Waals surface area (Å²) in [7, 11) is 2.21. The molecular formula is C28H33FN4S. The Balaban J connectivity index is 1.44. The van der Waals surface area contributed by atoms with Gasteiger partial charge in [0.2, 0.25) is 0 Å². The van der Waals surface area contributed by atoms with E-state index in [0.717, 1.165) is 56.1 Å². The van der Waals surface area contributed by atoms with E-state index in [0.29, 0.717) is 6.04 Å². The van der Waals surface area contributed by atoms with Gasteiger partial charge in [0.15, 0.2) is 5.84 Å². The van der Waals surface area contributed by atoms with Crippen LogP contribution in [0.1, 0.15) is 53.9 Å². The van der Waals surface area contributed by atoms with Crippen LogP contribution in [0.15, 0.2) is 53.5 Å². The maximum Gasteiger partial charge on any atom is 0.156 e. The molecule has 1 aromatic heterocycles. The Hall–Kier alpha value is -2.57. The van der Waals surface area contributed by atoms with Crippen molar-refractivity contribution in [2.45, 2.75) is 51.5 Å². The Morgan fingerprint density at radius 1 is 1.06 bits per heavy atom. The number of nitrogens with zero attached hydrogens (tertiary/aromatic N) is 4. The number of halogens is 1. The maximum atomic E-state index is 13.3. The molecule has 1 saturated heterocycles. The van der Waals surface area contributed by atoms with Crippen molar-refractivity contribution in [1.29, 1.82) is 0 Å². The van der Waals surface area contributed by atoms with Crippen molar-refractivity contribution in [3.63, 3.8) is 0 Å². The summed E-state index contributed by atoms with van der Waals surface area (Å²) in [4.78, 5) is 16.6. The predicted octanol–water partition coefficient (Wildman–Crippen LogP) is 5.81. The standard InChI is InChI=1S/C28H33FN4S/c1-28(2,3)27-31-25-24(34-27)17-20-7-5-6-8-23(20)30-26(25)33-16-15-32(4)22(18-33)14-11-19-9-12-21(29)13-10-19/h5-10,12-13,22H,11,14-18H2,1-4H3/t22-/m0/s1. The lowest BCUT2D eigenvalue weighted by atomic mass is 9.98. The SMILES string of the molecule is CN1CCN(C2=Nc3ccccc3Cc3sc(C(C)(C)C)nc32)C[C@@H]1CCc1ccc(F)cc1. The molecule has 34 heavy (non-hydrogen) atoms. The fourth-order valence-electron chi connectivity index (χ4n) is 4.73. The number of aromatic nitrogens is 1. The average molecular weight is 477 g/mol. The van der Waals surface area contributed by atoms with Gasteiger partial charge in [-0.3, -0.25) is 4.90 Å². The van der Waals surface area contributed by atoms with E-state index in [1.807, 2.05) is 23.5 Å². The van der Waals surface area contributed by atoms with Gasteiger partial charge in [0, 0.05) is 42.4 Å². The first-order valence-electron chi connectivity index (χ1n) is 12.1. The summed E-state index contributed by atoms with van der Waals surface area (Å²) >= 11 is 1.84. The van der Waals surface area contributed by atoms with Crippen molar-refractivity contribution in [2.75, 3.05) is 26.7 Å². The lowest BCUT2D eigenvalue weighted by Gasteiger charge is -2.40. The van der Waals surface area contributed by atoms with Crippen molar-refractivity contribution >= 4 is 22.9 Å². The zero-order valence-corrected chi connectivity index (χ0v) is 21.3. The topological polar surface area (TPSA) is 31.7 Å². The summed E-state index contributed by atoms with van der Waals surface area (Å²) in [6, 6.07) is 15.8. The Morgan fingerprint density at radius 2 is 1.82 bits per heavy atom. The number of benzene rings is 2. The maximum absolute atomic E-state index is 13.3. The van der Waals surface area contributed by atoms with E-state index in [1.54, 1.807) is 12.1 Å². The van der Waals surface area contributed by atoms with Crippen LogP contribution in [0.3, 0.4) is 0 Å². The van der Waals surface area contributed by atoms with Crippen LogP contribution in [-0.2, 0) is 18.3 Å². The third kappa shape index (κ3) is 4.80.